The number of methoxy groups -OCH3 is 1. The van der Waals surface area contributed by atoms with E-state index in [9.17, 15) is 4.79 Å². The molecule has 0 spiro atoms. The molecule has 0 unspecified atom stereocenters. The predicted molar refractivity (Wildman–Crippen MR) is 104 cm³/mol. The van der Waals surface area contributed by atoms with Crippen LogP contribution in [0.1, 0.15) is 9.67 Å². The maximum Gasteiger partial charge on any atom is 0.269 e. The number of nitrogens with one attached hydrogen (secondary N) is 1. The minimum absolute atomic E-state index is 0.228. The Morgan fingerprint density at radius 3 is 2.73 bits per heavy atom. The summed E-state index contributed by atoms with van der Waals surface area (Å²) in [5.41, 5.74) is 2.10. The van der Waals surface area contributed by atoms with Crippen LogP contribution in [0.25, 0.3) is 22.0 Å². The van der Waals surface area contributed by atoms with Crippen LogP contribution in [-0.2, 0) is 0 Å². The molecule has 5 nitrogen and oxygen atoms in total. The zero-order valence-corrected chi connectivity index (χ0v) is 14.8. The zero-order valence-electron chi connectivity index (χ0n) is 14.0. The minimum atomic E-state index is -0.228. The summed E-state index contributed by atoms with van der Waals surface area (Å²) < 4.78 is 9.22. The second-order valence-corrected chi connectivity index (χ2v) is 6.42. The summed E-state index contributed by atoms with van der Waals surface area (Å²) in [7, 11) is 1.60. The lowest BCUT2D eigenvalue weighted by Gasteiger charge is -2.08. The molecule has 1 heterocycles. The lowest BCUT2D eigenvalue weighted by molar-refractivity contribution is 0.103. The lowest BCUT2D eigenvalue weighted by atomic mass is 10.1. The molecule has 26 heavy (non-hydrogen) atoms. The normalized spacial score (nSPS) is 10.7. The van der Waals surface area contributed by atoms with Gasteiger partial charge in [0.2, 0.25) is 0 Å². The van der Waals surface area contributed by atoms with Crippen molar-refractivity contribution in [2.24, 2.45) is 0 Å². The molecule has 0 bridgehead atoms. The molecular formula is C20H15N3O2S. The van der Waals surface area contributed by atoms with Crippen molar-refractivity contribution >= 4 is 33.9 Å². The summed E-state index contributed by atoms with van der Waals surface area (Å²) in [6.45, 7) is 0. The van der Waals surface area contributed by atoms with E-state index in [-0.39, 0.29) is 5.91 Å². The van der Waals surface area contributed by atoms with E-state index in [2.05, 4.69) is 14.9 Å². The average molecular weight is 361 g/mol. The first-order valence-electron chi connectivity index (χ1n) is 8.02. The SMILES string of the molecule is COc1cccc(-c2nnsc2C(=O)Nc2cccc3ccccc23)c1. The summed E-state index contributed by atoms with van der Waals surface area (Å²) in [4.78, 5) is 13.3. The number of ether oxygens (including phenoxy) is 1. The van der Waals surface area contributed by atoms with Gasteiger partial charge in [0.15, 0.2) is 0 Å². The van der Waals surface area contributed by atoms with Gasteiger partial charge in [0, 0.05) is 16.6 Å². The third-order valence-electron chi connectivity index (χ3n) is 4.08. The average Bonchev–Trinajstić information content (AvgIpc) is 3.18. The van der Waals surface area contributed by atoms with Crippen LogP contribution in [0.5, 0.6) is 5.75 Å². The highest BCUT2D eigenvalue weighted by Crippen LogP contribution is 2.29. The summed E-state index contributed by atoms with van der Waals surface area (Å²) in [6, 6.07) is 21.2. The number of hydrogen-bond acceptors (Lipinski definition) is 5. The van der Waals surface area contributed by atoms with Crippen LogP contribution in [0.3, 0.4) is 0 Å². The first-order chi connectivity index (χ1) is 12.8. The molecule has 0 fully saturated rings. The Morgan fingerprint density at radius 2 is 1.85 bits per heavy atom. The Bertz CT molecular complexity index is 1090. The highest BCUT2D eigenvalue weighted by atomic mass is 32.1. The van der Waals surface area contributed by atoms with Crippen LogP contribution in [0.2, 0.25) is 0 Å². The molecule has 0 aliphatic carbocycles. The van der Waals surface area contributed by atoms with Gasteiger partial charge in [0.05, 0.1) is 7.11 Å². The fourth-order valence-corrected chi connectivity index (χ4v) is 3.40. The van der Waals surface area contributed by atoms with Gasteiger partial charge in [-0.1, -0.05) is 53.0 Å². The van der Waals surface area contributed by atoms with Gasteiger partial charge < -0.3 is 10.1 Å². The number of nitrogens with zero attached hydrogens (tertiary/aromatic N) is 2. The second kappa shape index (κ2) is 6.93. The molecule has 0 aliphatic heterocycles. The van der Waals surface area contributed by atoms with Crippen molar-refractivity contribution in [2.75, 3.05) is 12.4 Å². The van der Waals surface area contributed by atoms with E-state index in [1.807, 2.05) is 66.7 Å². The van der Waals surface area contributed by atoms with Gasteiger partial charge in [0.1, 0.15) is 16.3 Å². The largest absolute Gasteiger partial charge is 0.497 e. The quantitative estimate of drug-likeness (QED) is 0.576. The van der Waals surface area contributed by atoms with E-state index in [0.29, 0.717) is 16.3 Å². The van der Waals surface area contributed by atoms with E-state index >= 15 is 0 Å². The molecule has 128 valence electrons. The second-order valence-electron chi connectivity index (χ2n) is 5.66. The summed E-state index contributed by atoms with van der Waals surface area (Å²) >= 11 is 1.08. The number of carbonyl (C=O) groups is 1. The molecule has 0 saturated carbocycles. The molecule has 0 saturated heterocycles. The van der Waals surface area contributed by atoms with E-state index < -0.39 is 0 Å². The highest BCUT2D eigenvalue weighted by Gasteiger charge is 2.19. The molecule has 1 amide bonds. The predicted octanol–water partition coefficient (Wildman–Crippen LogP) is 4.62. The Morgan fingerprint density at radius 1 is 1.04 bits per heavy atom. The van der Waals surface area contributed by atoms with Gasteiger partial charge in [-0.25, -0.2) is 0 Å². The molecule has 0 aliphatic rings. The molecular weight excluding hydrogens is 346 g/mol. The fraction of sp³-hybridized carbons (Fsp3) is 0.0500. The number of carbonyl (C=O) groups excluding carboxylic acids is 1. The van der Waals surface area contributed by atoms with Crippen molar-refractivity contribution in [1.29, 1.82) is 0 Å². The van der Waals surface area contributed by atoms with Crippen molar-refractivity contribution in [1.82, 2.24) is 9.59 Å². The number of benzene rings is 3. The van der Waals surface area contributed by atoms with Gasteiger partial charge in [-0.05, 0) is 35.1 Å². The lowest BCUT2D eigenvalue weighted by Crippen LogP contribution is -2.11. The Labute approximate surface area is 154 Å². The number of rotatable bonds is 4. The van der Waals surface area contributed by atoms with Crippen molar-refractivity contribution in [3.63, 3.8) is 0 Å². The van der Waals surface area contributed by atoms with Crippen LogP contribution in [0.4, 0.5) is 5.69 Å². The minimum Gasteiger partial charge on any atom is -0.497 e. The van der Waals surface area contributed by atoms with Crippen molar-refractivity contribution in [3.05, 3.63) is 71.6 Å². The van der Waals surface area contributed by atoms with Gasteiger partial charge in [0.25, 0.3) is 5.91 Å². The maximum absolute atomic E-state index is 12.9. The third kappa shape index (κ3) is 3.02. The molecule has 3 aromatic carbocycles. The standard InChI is InChI=1S/C20H15N3O2S/c1-25-15-9-4-8-14(12-15)18-19(26-23-22-18)20(24)21-17-11-5-7-13-6-2-3-10-16(13)17/h2-12H,1H3,(H,21,24). The molecule has 0 radical (unpaired) electrons. The Balaban J connectivity index is 1.68. The molecule has 4 aromatic rings. The summed E-state index contributed by atoms with van der Waals surface area (Å²) in [5.74, 6) is 0.477. The van der Waals surface area contributed by atoms with Crippen LogP contribution in [0, 0.1) is 0 Å². The monoisotopic (exact) mass is 361 g/mol. The van der Waals surface area contributed by atoms with Gasteiger partial charge in [-0.15, -0.1) is 5.10 Å². The summed E-state index contributed by atoms with van der Waals surface area (Å²) in [6.07, 6.45) is 0. The smallest absolute Gasteiger partial charge is 0.269 e. The highest BCUT2D eigenvalue weighted by molar-refractivity contribution is 7.08. The van der Waals surface area contributed by atoms with E-state index in [1.165, 1.54) is 0 Å². The number of anilines is 1. The Hall–Kier alpha value is -3.25. The fourth-order valence-electron chi connectivity index (χ4n) is 2.81. The number of hydrogen-bond donors (Lipinski definition) is 1. The Kier molecular flexibility index (Phi) is 4.33. The van der Waals surface area contributed by atoms with Crippen LogP contribution >= 0.6 is 11.5 Å². The molecule has 4 rings (SSSR count). The third-order valence-corrected chi connectivity index (χ3v) is 4.80. The first kappa shape index (κ1) is 16.2. The zero-order chi connectivity index (χ0) is 17.9. The molecule has 1 aromatic heterocycles. The van der Waals surface area contributed by atoms with Crippen molar-refractivity contribution in [3.8, 4) is 17.0 Å². The molecule has 0 atom stereocenters. The van der Waals surface area contributed by atoms with Crippen LogP contribution < -0.4 is 10.1 Å². The number of fused-ring (bicyclic) bond motifs is 1. The van der Waals surface area contributed by atoms with Gasteiger partial charge >= 0.3 is 0 Å². The first-order valence-corrected chi connectivity index (χ1v) is 8.79. The number of aromatic nitrogens is 2. The van der Waals surface area contributed by atoms with Crippen LogP contribution in [0.15, 0.2) is 66.7 Å². The topological polar surface area (TPSA) is 64.1 Å². The summed E-state index contributed by atoms with van der Waals surface area (Å²) in [5, 5.41) is 9.19. The van der Waals surface area contributed by atoms with Crippen LogP contribution in [-0.4, -0.2) is 22.6 Å². The van der Waals surface area contributed by atoms with E-state index in [1.54, 1.807) is 7.11 Å². The van der Waals surface area contributed by atoms with Crippen molar-refractivity contribution in [2.45, 2.75) is 0 Å². The number of amides is 1. The maximum atomic E-state index is 12.9. The van der Waals surface area contributed by atoms with Gasteiger partial charge in [-0.2, -0.15) is 0 Å². The molecule has 1 N–H and O–H groups in total. The van der Waals surface area contributed by atoms with E-state index in [4.69, 9.17) is 4.74 Å². The van der Waals surface area contributed by atoms with Gasteiger partial charge in [-0.3, -0.25) is 4.79 Å². The van der Waals surface area contributed by atoms with E-state index in [0.717, 1.165) is 33.6 Å². The van der Waals surface area contributed by atoms with Crippen molar-refractivity contribution < 1.29 is 9.53 Å². The molecule has 6 heteroatoms.